The van der Waals surface area contributed by atoms with Gasteiger partial charge in [-0.25, -0.2) is 0 Å². The van der Waals surface area contributed by atoms with Gasteiger partial charge >= 0.3 is 0 Å². The van der Waals surface area contributed by atoms with Crippen LogP contribution in [0, 0.1) is 11.3 Å². The van der Waals surface area contributed by atoms with E-state index < -0.39 is 0 Å². The number of thiocarbonyl (C=S) groups is 1. The number of allylic oxidation sites excluding steroid dienone is 1. The number of carbonyl (C=O) groups is 1. The highest BCUT2D eigenvalue weighted by atomic mass is 32.2. The molecule has 0 bridgehead atoms. The predicted octanol–water partition coefficient (Wildman–Crippen LogP) is 5.10. The number of hydrogen-bond donors (Lipinski definition) is 0. The summed E-state index contributed by atoms with van der Waals surface area (Å²) >= 11 is 6.49. The quantitative estimate of drug-likeness (QED) is 0.317. The lowest BCUT2D eigenvalue weighted by atomic mass is 10.0. The van der Waals surface area contributed by atoms with Gasteiger partial charge in [-0.1, -0.05) is 48.3 Å². The van der Waals surface area contributed by atoms with Crippen molar-refractivity contribution in [2.24, 2.45) is 0 Å². The van der Waals surface area contributed by atoms with E-state index in [4.69, 9.17) is 21.7 Å². The molecule has 0 unspecified atom stereocenters. The van der Waals surface area contributed by atoms with E-state index in [1.807, 2.05) is 43.3 Å². The molecule has 0 aromatic heterocycles. The number of amides is 1. The Morgan fingerprint density at radius 1 is 1.26 bits per heavy atom. The lowest BCUT2D eigenvalue weighted by molar-refractivity contribution is -0.121. The number of ether oxygens (including phenoxy) is 2. The second-order valence-electron chi connectivity index (χ2n) is 6.73. The number of likely N-dealkylation sites (N-methyl/N-ethyl adjacent to an activating group) is 1. The second kappa shape index (κ2) is 10.3. The largest absolute Gasteiger partial charge is 0.490 e. The van der Waals surface area contributed by atoms with E-state index in [-0.39, 0.29) is 12.5 Å². The van der Waals surface area contributed by atoms with Crippen molar-refractivity contribution in [3.63, 3.8) is 0 Å². The van der Waals surface area contributed by atoms with Crippen molar-refractivity contribution in [1.29, 1.82) is 5.26 Å². The summed E-state index contributed by atoms with van der Waals surface area (Å²) in [7, 11) is 1.67. The third-order valence-electron chi connectivity index (χ3n) is 4.61. The van der Waals surface area contributed by atoms with Gasteiger partial charge in [-0.3, -0.25) is 9.69 Å². The number of hydrogen-bond acceptors (Lipinski definition) is 6. The number of nitriles is 1. The van der Waals surface area contributed by atoms with Gasteiger partial charge in [0.2, 0.25) is 0 Å². The van der Waals surface area contributed by atoms with E-state index in [2.05, 4.69) is 12.6 Å². The Hall–Kier alpha value is -3.08. The fourth-order valence-corrected chi connectivity index (χ4v) is 4.28. The molecular weight excluding hydrogens is 428 g/mol. The number of nitrogens with zero attached hydrogens (tertiary/aromatic N) is 2. The zero-order chi connectivity index (χ0) is 22.4. The van der Waals surface area contributed by atoms with Crippen molar-refractivity contribution in [2.75, 3.05) is 13.7 Å². The van der Waals surface area contributed by atoms with Crippen molar-refractivity contribution >= 4 is 40.3 Å². The van der Waals surface area contributed by atoms with E-state index in [0.717, 1.165) is 16.7 Å². The smallest absolute Gasteiger partial charge is 0.265 e. The highest BCUT2D eigenvalue weighted by Gasteiger charge is 2.28. The minimum atomic E-state index is -0.119. The van der Waals surface area contributed by atoms with Gasteiger partial charge < -0.3 is 9.47 Å². The van der Waals surface area contributed by atoms with Crippen molar-refractivity contribution in [3.05, 3.63) is 76.2 Å². The molecule has 31 heavy (non-hydrogen) atoms. The molecule has 1 amide bonds. The van der Waals surface area contributed by atoms with Crippen LogP contribution in [0.4, 0.5) is 0 Å². The molecule has 1 saturated heterocycles. The van der Waals surface area contributed by atoms with Crippen LogP contribution in [0.15, 0.2) is 54.0 Å². The number of rotatable bonds is 8. The van der Waals surface area contributed by atoms with Gasteiger partial charge in [0.25, 0.3) is 5.91 Å². The summed E-state index contributed by atoms with van der Waals surface area (Å²) in [6.07, 6.45) is 4.16. The SMILES string of the molecule is C=CCc1cc(/C=C2\SC(=S)N(C)C2=O)cc(OCC)c1OCc1ccccc1C#N. The maximum absolute atomic E-state index is 12.4. The maximum Gasteiger partial charge on any atom is 0.265 e. The van der Waals surface area contributed by atoms with Crippen LogP contribution in [0.3, 0.4) is 0 Å². The first-order valence-electron chi connectivity index (χ1n) is 9.71. The Balaban J connectivity index is 1.99. The first-order chi connectivity index (χ1) is 15.0. The van der Waals surface area contributed by atoms with E-state index in [0.29, 0.717) is 39.3 Å². The van der Waals surface area contributed by atoms with Gasteiger partial charge in [-0.15, -0.1) is 6.58 Å². The molecule has 0 spiro atoms. The Morgan fingerprint density at radius 2 is 2.03 bits per heavy atom. The third kappa shape index (κ3) is 5.16. The Labute approximate surface area is 192 Å². The summed E-state index contributed by atoms with van der Waals surface area (Å²) in [5.74, 6) is 1.07. The van der Waals surface area contributed by atoms with Crippen LogP contribution in [0.1, 0.15) is 29.2 Å². The monoisotopic (exact) mass is 450 g/mol. The van der Waals surface area contributed by atoms with Crippen molar-refractivity contribution in [2.45, 2.75) is 20.0 Å². The normalized spacial score (nSPS) is 14.6. The molecule has 7 heteroatoms. The summed E-state index contributed by atoms with van der Waals surface area (Å²) in [6.45, 7) is 6.44. The zero-order valence-corrected chi connectivity index (χ0v) is 19.0. The zero-order valence-electron chi connectivity index (χ0n) is 17.4. The van der Waals surface area contributed by atoms with E-state index in [9.17, 15) is 10.1 Å². The first kappa shape index (κ1) is 22.6. The van der Waals surface area contributed by atoms with Crippen LogP contribution in [0.2, 0.25) is 0 Å². The third-order valence-corrected chi connectivity index (χ3v) is 6.10. The van der Waals surface area contributed by atoms with Crippen LogP contribution in [-0.4, -0.2) is 28.8 Å². The Kier molecular flexibility index (Phi) is 7.50. The number of benzene rings is 2. The molecular formula is C24H22N2O3S2. The van der Waals surface area contributed by atoms with Crippen LogP contribution < -0.4 is 9.47 Å². The highest BCUT2D eigenvalue weighted by Crippen LogP contribution is 2.37. The Morgan fingerprint density at radius 3 is 2.68 bits per heavy atom. The topological polar surface area (TPSA) is 62.6 Å². The molecule has 1 fully saturated rings. The molecule has 2 aromatic carbocycles. The van der Waals surface area contributed by atoms with Gasteiger partial charge in [0.15, 0.2) is 11.5 Å². The van der Waals surface area contributed by atoms with Crippen molar-refractivity contribution in [3.8, 4) is 17.6 Å². The molecule has 0 radical (unpaired) electrons. The average molecular weight is 451 g/mol. The molecule has 0 atom stereocenters. The van der Waals surface area contributed by atoms with Gasteiger partial charge in [0, 0.05) is 18.2 Å². The summed E-state index contributed by atoms with van der Waals surface area (Å²) < 4.78 is 12.5. The van der Waals surface area contributed by atoms with Gasteiger partial charge in [-0.05, 0) is 43.2 Å². The molecule has 3 rings (SSSR count). The standard InChI is InChI=1S/C24H22N2O3S2/c1-4-8-17-11-16(13-21-23(27)26(3)24(30)31-21)12-20(28-5-2)22(17)29-15-19-10-7-6-9-18(19)14-25/h4,6-7,9-13H,1,5,8,15H2,2-3H3/b21-13-. The lowest BCUT2D eigenvalue weighted by Crippen LogP contribution is -2.22. The average Bonchev–Trinajstić information content (AvgIpc) is 3.00. The molecule has 2 aromatic rings. The summed E-state index contributed by atoms with van der Waals surface area (Å²) in [4.78, 5) is 14.4. The van der Waals surface area contributed by atoms with Crippen molar-refractivity contribution in [1.82, 2.24) is 4.90 Å². The highest BCUT2D eigenvalue weighted by molar-refractivity contribution is 8.26. The van der Waals surface area contributed by atoms with Crippen LogP contribution in [0.5, 0.6) is 11.5 Å². The van der Waals surface area contributed by atoms with Crippen LogP contribution >= 0.6 is 24.0 Å². The van der Waals surface area contributed by atoms with Crippen LogP contribution in [0.25, 0.3) is 6.08 Å². The van der Waals surface area contributed by atoms with Gasteiger partial charge in [0.05, 0.1) is 23.1 Å². The van der Waals surface area contributed by atoms with Gasteiger partial charge in [0.1, 0.15) is 10.9 Å². The lowest BCUT2D eigenvalue weighted by Gasteiger charge is -2.17. The molecule has 158 valence electrons. The summed E-state index contributed by atoms with van der Waals surface area (Å²) in [5.41, 5.74) is 3.07. The van der Waals surface area contributed by atoms with E-state index >= 15 is 0 Å². The maximum atomic E-state index is 12.4. The summed E-state index contributed by atoms with van der Waals surface area (Å²) in [6, 6.07) is 13.3. The Bertz CT molecular complexity index is 1100. The van der Waals surface area contributed by atoms with Crippen molar-refractivity contribution < 1.29 is 14.3 Å². The van der Waals surface area contributed by atoms with E-state index in [1.54, 1.807) is 19.2 Å². The minimum Gasteiger partial charge on any atom is -0.490 e. The fourth-order valence-electron chi connectivity index (χ4n) is 3.10. The molecule has 1 aliphatic heterocycles. The molecule has 5 nitrogen and oxygen atoms in total. The minimum absolute atomic E-state index is 0.119. The van der Waals surface area contributed by atoms with Crippen LogP contribution in [-0.2, 0) is 17.8 Å². The fraction of sp³-hybridized carbons (Fsp3) is 0.208. The van der Waals surface area contributed by atoms with Gasteiger partial charge in [-0.2, -0.15) is 5.26 Å². The summed E-state index contributed by atoms with van der Waals surface area (Å²) in [5, 5.41) is 9.33. The molecule has 0 saturated carbocycles. The molecule has 1 aliphatic rings. The second-order valence-corrected chi connectivity index (χ2v) is 8.41. The molecule has 1 heterocycles. The van der Waals surface area contributed by atoms with E-state index in [1.165, 1.54) is 16.7 Å². The number of carbonyl (C=O) groups excluding carboxylic acids is 1. The molecule has 0 aliphatic carbocycles. The first-order valence-corrected chi connectivity index (χ1v) is 10.9. The predicted molar refractivity (Wildman–Crippen MR) is 128 cm³/mol. The molecule has 0 N–H and O–H groups in total. The number of thioether (sulfide) groups is 1.